The molecule has 1 saturated heterocycles. The lowest BCUT2D eigenvalue weighted by Gasteiger charge is -2.36. The molecule has 0 aromatic heterocycles. The highest BCUT2D eigenvalue weighted by atomic mass is 16.7. The van der Waals surface area contributed by atoms with Crippen molar-refractivity contribution in [3.63, 3.8) is 0 Å². The molecule has 0 saturated carbocycles. The predicted octanol–water partition coefficient (Wildman–Crippen LogP) is 0.779. The highest BCUT2D eigenvalue weighted by Gasteiger charge is 2.28. The fraction of sp³-hybridized carbons (Fsp3) is 0.391. The average Bonchev–Trinajstić information content (AvgIpc) is 3.26. The number of hydrogen-bond donors (Lipinski definition) is 2. The summed E-state index contributed by atoms with van der Waals surface area (Å²) in [5.41, 5.74) is 1.99. The van der Waals surface area contributed by atoms with Crippen molar-refractivity contribution in [2.75, 3.05) is 39.6 Å². The molecule has 0 unspecified atom stereocenters. The van der Waals surface area contributed by atoms with Gasteiger partial charge >= 0.3 is 0 Å². The largest absolute Gasteiger partial charge is 0.454 e. The second-order valence-corrected chi connectivity index (χ2v) is 7.75. The number of piperazine rings is 1. The number of benzene rings is 2. The van der Waals surface area contributed by atoms with Gasteiger partial charge in [-0.2, -0.15) is 0 Å². The van der Waals surface area contributed by atoms with E-state index in [1.165, 1.54) is 0 Å². The molecule has 0 spiro atoms. The van der Waals surface area contributed by atoms with Crippen LogP contribution < -0.4 is 14.8 Å². The molecule has 0 radical (unpaired) electrons. The summed E-state index contributed by atoms with van der Waals surface area (Å²) in [6.45, 7) is 3.13. The molecule has 4 rings (SSSR count). The molecule has 8 heteroatoms. The molecular formula is C23H27N3O5. The third-order valence-electron chi connectivity index (χ3n) is 5.55. The molecule has 1 atom stereocenters. The minimum atomic E-state index is -0.920. The molecule has 164 valence electrons. The zero-order chi connectivity index (χ0) is 21.6. The average molecular weight is 425 g/mol. The molecule has 2 aromatic carbocycles. The van der Waals surface area contributed by atoms with E-state index in [0.717, 1.165) is 42.3 Å². The SMILES string of the molecule is O=C(Cc1ccccc1)N[C@@H](CO)C(=O)N1CCN(Cc2ccc3c(c2)OCO3)CC1. The lowest BCUT2D eigenvalue weighted by molar-refractivity contribution is -0.139. The lowest BCUT2D eigenvalue weighted by Crippen LogP contribution is -2.56. The van der Waals surface area contributed by atoms with Gasteiger partial charge in [-0.3, -0.25) is 14.5 Å². The van der Waals surface area contributed by atoms with E-state index in [4.69, 9.17) is 9.47 Å². The number of ether oxygens (including phenoxy) is 2. The van der Waals surface area contributed by atoms with Crippen LogP contribution in [0.5, 0.6) is 11.5 Å². The molecule has 2 N–H and O–H groups in total. The minimum absolute atomic E-state index is 0.175. The molecule has 2 aliphatic rings. The maximum atomic E-state index is 12.8. The molecular weight excluding hydrogens is 398 g/mol. The van der Waals surface area contributed by atoms with Crippen molar-refractivity contribution in [2.24, 2.45) is 0 Å². The normalized spacial score (nSPS) is 16.7. The van der Waals surface area contributed by atoms with Gasteiger partial charge in [-0.15, -0.1) is 0 Å². The van der Waals surface area contributed by atoms with Crippen LogP contribution in [-0.4, -0.2) is 72.3 Å². The van der Waals surface area contributed by atoms with Gasteiger partial charge in [0.15, 0.2) is 11.5 Å². The number of carbonyl (C=O) groups excluding carboxylic acids is 2. The van der Waals surface area contributed by atoms with Crippen LogP contribution in [0.1, 0.15) is 11.1 Å². The molecule has 2 aliphatic heterocycles. The number of fused-ring (bicyclic) bond motifs is 1. The minimum Gasteiger partial charge on any atom is -0.454 e. The number of nitrogens with one attached hydrogen (secondary N) is 1. The summed E-state index contributed by atoms with van der Waals surface area (Å²) < 4.78 is 10.8. The van der Waals surface area contributed by atoms with E-state index in [9.17, 15) is 14.7 Å². The Kier molecular flexibility index (Phi) is 6.69. The molecule has 8 nitrogen and oxygen atoms in total. The van der Waals surface area contributed by atoms with Crippen LogP contribution in [-0.2, 0) is 22.6 Å². The zero-order valence-corrected chi connectivity index (χ0v) is 17.3. The Morgan fingerprint density at radius 2 is 1.71 bits per heavy atom. The van der Waals surface area contributed by atoms with Gasteiger partial charge < -0.3 is 24.8 Å². The van der Waals surface area contributed by atoms with Gasteiger partial charge in [-0.25, -0.2) is 0 Å². The third-order valence-corrected chi connectivity index (χ3v) is 5.55. The third kappa shape index (κ3) is 5.34. The second-order valence-electron chi connectivity index (χ2n) is 7.75. The Bertz CT molecular complexity index is 913. The predicted molar refractivity (Wildman–Crippen MR) is 114 cm³/mol. The van der Waals surface area contributed by atoms with Crippen LogP contribution in [0, 0.1) is 0 Å². The number of rotatable bonds is 7. The van der Waals surface area contributed by atoms with Crippen molar-refractivity contribution in [1.29, 1.82) is 0 Å². The van der Waals surface area contributed by atoms with Gasteiger partial charge in [0.2, 0.25) is 18.6 Å². The van der Waals surface area contributed by atoms with Crippen molar-refractivity contribution in [3.05, 3.63) is 59.7 Å². The van der Waals surface area contributed by atoms with Gasteiger partial charge in [-0.1, -0.05) is 36.4 Å². The van der Waals surface area contributed by atoms with Gasteiger partial charge in [0, 0.05) is 32.7 Å². The van der Waals surface area contributed by atoms with E-state index in [0.29, 0.717) is 13.1 Å². The molecule has 2 aromatic rings. The van der Waals surface area contributed by atoms with Crippen molar-refractivity contribution >= 4 is 11.8 Å². The lowest BCUT2D eigenvalue weighted by atomic mass is 10.1. The molecule has 1 fully saturated rings. The summed E-state index contributed by atoms with van der Waals surface area (Å²) in [5, 5.41) is 12.3. The fourth-order valence-electron chi connectivity index (χ4n) is 3.86. The van der Waals surface area contributed by atoms with Crippen LogP contribution in [0.15, 0.2) is 48.5 Å². The maximum Gasteiger partial charge on any atom is 0.247 e. The summed E-state index contributed by atoms with van der Waals surface area (Å²) in [4.78, 5) is 29.1. The van der Waals surface area contributed by atoms with E-state index >= 15 is 0 Å². The number of hydrogen-bond acceptors (Lipinski definition) is 6. The zero-order valence-electron chi connectivity index (χ0n) is 17.3. The van der Waals surface area contributed by atoms with Gasteiger partial charge in [0.05, 0.1) is 13.0 Å². The smallest absolute Gasteiger partial charge is 0.247 e. The van der Waals surface area contributed by atoms with E-state index in [-0.39, 0.29) is 25.0 Å². The van der Waals surface area contributed by atoms with Gasteiger partial charge in [0.1, 0.15) is 6.04 Å². The first-order valence-electron chi connectivity index (χ1n) is 10.5. The number of aliphatic hydroxyl groups excluding tert-OH is 1. The molecule has 0 aliphatic carbocycles. The quantitative estimate of drug-likeness (QED) is 0.681. The van der Waals surface area contributed by atoms with Gasteiger partial charge in [-0.05, 0) is 23.3 Å². The van der Waals surface area contributed by atoms with E-state index in [1.807, 2.05) is 48.5 Å². The second kappa shape index (κ2) is 9.80. The summed E-state index contributed by atoms with van der Waals surface area (Å²) in [5.74, 6) is 1.01. The molecule has 2 heterocycles. The Morgan fingerprint density at radius 1 is 0.968 bits per heavy atom. The Hall–Kier alpha value is -3.10. The summed E-state index contributed by atoms with van der Waals surface area (Å²) in [6, 6.07) is 14.3. The van der Waals surface area contributed by atoms with Crippen LogP contribution in [0.3, 0.4) is 0 Å². The van der Waals surface area contributed by atoms with Crippen LogP contribution >= 0.6 is 0 Å². The van der Waals surface area contributed by atoms with Crippen molar-refractivity contribution in [1.82, 2.24) is 15.1 Å². The first-order chi connectivity index (χ1) is 15.1. The van der Waals surface area contributed by atoms with Crippen molar-refractivity contribution < 1.29 is 24.2 Å². The van der Waals surface area contributed by atoms with Crippen molar-refractivity contribution in [2.45, 2.75) is 19.0 Å². The monoisotopic (exact) mass is 425 g/mol. The maximum absolute atomic E-state index is 12.8. The van der Waals surface area contributed by atoms with Gasteiger partial charge in [0.25, 0.3) is 0 Å². The first kappa shape index (κ1) is 21.1. The highest BCUT2D eigenvalue weighted by Crippen LogP contribution is 2.32. The van der Waals surface area contributed by atoms with E-state index in [1.54, 1.807) is 4.90 Å². The first-order valence-corrected chi connectivity index (χ1v) is 10.5. The van der Waals surface area contributed by atoms with Crippen LogP contribution in [0.4, 0.5) is 0 Å². The number of amides is 2. The fourth-order valence-corrected chi connectivity index (χ4v) is 3.86. The Labute approximate surface area is 181 Å². The highest BCUT2D eigenvalue weighted by molar-refractivity contribution is 5.88. The Morgan fingerprint density at radius 3 is 2.45 bits per heavy atom. The topological polar surface area (TPSA) is 91.3 Å². The summed E-state index contributed by atoms with van der Waals surface area (Å²) >= 11 is 0. The van der Waals surface area contributed by atoms with Crippen LogP contribution in [0.2, 0.25) is 0 Å². The standard InChI is InChI=1S/C23H27N3O5/c27-15-19(24-22(28)13-17-4-2-1-3-5-17)23(29)26-10-8-25(9-11-26)14-18-6-7-20-21(12-18)31-16-30-20/h1-7,12,19,27H,8-11,13-16H2,(H,24,28)/t19-/m0/s1. The Balaban J connectivity index is 1.26. The number of nitrogens with zero attached hydrogens (tertiary/aromatic N) is 2. The summed E-state index contributed by atoms with van der Waals surface area (Å²) in [7, 11) is 0. The van der Waals surface area contributed by atoms with Crippen molar-refractivity contribution in [3.8, 4) is 11.5 Å². The number of carbonyl (C=O) groups is 2. The molecule has 2 amide bonds. The van der Waals surface area contributed by atoms with Crippen LogP contribution in [0.25, 0.3) is 0 Å². The van der Waals surface area contributed by atoms with E-state index in [2.05, 4.69) is 10.2 Å². The molecule has 0 bridgehead atoms. The molecule has 31 heavy (non-hydrogen) atoms. The van der Waals surface area contributed by atoms with E-state index < -0.39 is 12.6 Å². The summed E-state index contributed by atoms with van der Waals surface area (Å²) in [6.07, 6.45) is 0.175. The number of aliphatic hydroxyl groups is 1.